The molecule has 3 aromatic heterocycles. The summed E-state index contributed by atoms with van der Waals surface area (Å²) in [4.78, 5) is 24.4. The Morgan fingerprint density at radius 1 is 1.10 bits per heavy atom. The number of rotatable bonds is 4. The number of hydrogen-bond donors (Lipinski definition) is 0. The van der Waals surface area contributed by atoms with Crippen molar-refractivity contribution in [2.45, 2.75) is 34.3 Å². The molecule has 0 bridgehead atoms. The summed E-state index contributed by atoms with van der Waals surface area (Å²) in [6.45, 7) is 6.96. The van der Waals surface area contributed by atoms with Gasteiger partial charge in [-0.1, -0.05) is 37.0 Å². The number of halogens is 4. The van der Waals surface area contributed by atoms with Crippen LogP contribution in [0.5, 0.6) is 5.88 Å². The summed E-state index contributed by atoms with van der Waals surface area (Å²) in [5.41, 5.74) is 0.434. The van der Waals surface area contributed by atoms with Crippen LogP contribution in [-0.2, 0) is 6.61 Å². The topological polar surface area (TPSA) is 69.9 Å². The van der Waals surface area contributed by atoms with E-state index in [1.54, 1.807) is 13.8 Å². The van der Waals surface area contributed by atoms with Crippen LogP contribution in [-0.4, -0.2) is 19.5 Å². The van der Waals surface area contributed by atoms with Gasteiger partial charge >= 0.3 is 0 Å². The van der Waals surface area contributed by atoms with E-state index in [1.807, 2.05) is 13.8 Å². The van der Waals surface area contributed by atoms with Crippen molar-refractivity contribution in [3.05, 3.63) is 73.8 Å². The molecule has 0 radical (unpaired) electrons. The maximum atomic E-state index is 13.7. The second-order valence-electron chi connectivity index (χ2n) is 5.58. The second-order valence-corrected chi connectivity index (χ2v) is 6.35. The van der Waals surface area contributed by atoms with Gasteiger partial charge in [0.15, 0.2) is 10.8 Å². The van der Waals surface area contributed by atoms with Crippen LogP contribution in [0.2, 0.25) is 10.2 Å². The lowest BCUT2D eigenvalue weighted by molar-refractivity contribution is 0.280. The van der Waals surface area contributed by atoms with E-state index in [9.17, 15) is 13.6 Å². The molecule has 0 amide bonds. The number of aromatic nitrogens is 4. The van der Waals surface area contributed by atoms with Crippen LogP contribution in [0.3, 0.4) is 0 Å². The van der Waals surface area contributed by atoms with E-state index in [2.05, 4.69) is 15.0 Å². The highest BCUT2D eigenvalue weighted by Crippen LogP contribution is 2.23. The summed E-state index contributed by atoms with van der Waals surface area (Å²) in [6, 6.07) is 2.20. The van der Waals surface area contributed by atoms with Gasteiger partial charge in [0.25, 0.3) is 5.56 Å². The predicted octanol–water partition coefficient (Wildman–Crippen LogP) is 4.83. The highest BCUT2D eigenvalue weighted by Gasteiger charge is 2.18. The van der Waals surface area contributed by atoms with Crippen LogP contribution in [0, 0.1) is 25.5 Å². The van der Waals surface area contributed by atoms with E-state index >= 15 is 0 Å². The van der Waals surface area contributed by atoms with E-state index < -0.39 is 17.2 Å². The smallest absolute Gasteiger partial charge is 0.280 e. The maximum absolute atomic E-state index is 13.7. The van der Waals surface area contributed by atoms with Crippen LogP contribution >= 0.6 is 23.2 Å². The van der Waals surface area contributed by atoms with Gasteiger partial charge in [-0.05, 0) is 25.5 Å². The predicted molar refractivity (Wildman–Crippen MR) is 107 cm³/mol. The highest BCUT2D eigenvalue weighted by atomic mass is 35.5. The lowest BCUT2D eigenvalue weighted by Gasteiger charge is -2.15. The Morgan fingerprint density at radius 3 is 2.45 bits per heavy atom. The molecule has 0 unspecified atom stereocenters. The molecule has 0 fully saturated rings. The molecular formula is C19H18Cl2F2N4O2. The third-order valence-corrected chi connectivity index (χ3v) is 4.21. The summed E-state index contributed by atoms with van der Waals surface area (Å²) >= 11 is 12.0. The largest absolute Gasteiger partial charge is 0.470 e. The maximum Gasteiger partial charge on any atom is 0.280 e. The van der Waals surface area contributed by atoms with E-state index in [0.717, 1.165) is 6.20 Å². The zero-order valence-corrected chi connectivity index (χ0v) is 17.6. The molecule has 29 heavy (non-hydrogen) atoms. The minimum atomic E-state index is -0.877. The number of pyridine rings is 2. The van der Waals surface area contributed by atoms with Gasteiger partial charge in [0.2, 0.25) is 5.88 Å². The molecule has 0 N–H and O–H groups in total. The van der Waals surface area contributed by atoms with Crippen molar-refractivity contribution in [1.29, 1.82) is 0 Å². The normalized spacial score (nSPS) is 10.3. The minimum Gasteiger partial charge on any atom is -0.470 e. The van der Waals surface area contributed by atoms with Crippen LogP contribution in [0.25, 0.3) is 5.69 Å². The van der Waals surface area contributed by atoms with E-state index in [0.29, 0.717) is 17.3 Å². The van der Waals surface area contributed by atoms with Gasteiger partial charge in [0, 0.05) is 12.3 Å². The van der Waals surface area contributed by atoms with Gasteiger partial charge in [-0.2, -0.15) is 4.98 Å². The summed E-state index contributed by atoms with van der Waals surface area (Å²) < 4.78 is 33.2. The van der Waals surface area contributed by atoms with Crippen LogP contribution in [0.4, 0.5) is 8.78 Å². The van der Waals surface area contributed by atoms with E-state index in [4.69, 9.17) is 27.9 Å². The molecule has 0 spiro atoms. The average Bonchev–Trinajstić information content (AvgIpc) is 2.69. The van der Waals surface area contributed by atoms with Crippen molar-refractivity contribution in [2.24, 2.45) is 0 Å². The molecule has 10 heteroatoms. The molecule has 3 rings (SSSR count). The second kappa shape index (κ2) is 9.76. The van der Waals surface area contributed by atoms with Crippen molar-refractivity contribution in [2.75, 3.05) is 0 Å². The molecular weight excluding hydrogens is 425 g/mol. The van der Waals surface area contributed by atoms with Gasteiger partial charge in [0.05, 0.1) is 11.9 Å². The molecule has 0 aliphatic rings. The summed E-state index contributed by atoms with van der Waals surface area (Å²) in [5.74, 6) is -1.59. The van der Waals surface area contributed by atoms with Gasteiger partial charge in [-0.15, -0.1) is 0 Å². The van der Waals surface area contributed by atoms with Gasteiger partial charge < -0.3 is 4.74 Å². The van der Waals surface area contributed by atoms with Crippen molar-refractivity contribution >= 4 is 23.2 Å². The zero-order valence-electron chi connectivity index (χ0n) is 16.1. The van der Waals surface area contributed by atoms with Gasteiger partial charge in [0.1, 0.15) is 29.1 Å². The summed E-state index contributed by atoms with van der Waals surface area (Å²) in [7, 11) is 0. The molecule has 3 aromatic rings. The first-order valence-electron chi connectivity index (χ1n) is 8.62. The summed E-state index contributed by atoms with van der Waals surface area (Å²) in [6.07, 6.45) is 2.38. The number of hydrogen-bond acceptors (Lipinski definition) is 5. The third-order valence-electron chi connectivity index (χ3n) is 3.68. The minimum absolute atomic E-state index is 0.146. The fraction of sp³-hybridized carbons (Fsp3) is 0.263. The molecule has 0 atom stereocenters. The molecule has 0 aliphatic heterocycles. The van der Waals surface area contributed by atoms with Gasteiger partial charge in [-0.25, -0.2) is 13.8 Å². The Morgan fingerprint density at radius 2 is 1.79 bits per heavy atom. The molecule has 154 valence electrons. The fourth-order valence-electron chi connectivity index (χ4n) is 2.38. The van der Waals surface area contributed by atoms with Crippen molar-refractivity contribution in [3.63, 3.8) is 0 Å². The Balaban J connectivity index is 0.00000145. The van der Waals surface area contributed by atoms with Crippen molar-refractivity contribution in [3.8, 4) is 11.6 Å². The van der Waals surface area contributed by atoms with Crippen LogP contribution in [0.15, 0.2) is 29.3 Å². The molecule has 0 saturated carbocycles. The molecule has 0 aliphatic carbocycles. The Labute approximate surface area is 176 Å². The third kappa shape index (κ3) is 5.07. The quantitative estimate of drug-likeness (QED) is 0.541. The first kappa shape index (κ1) is 22.7. The molecule has 6 nitrogen and oxygen atoms in total. The van der Waals surface area contributed by atoms with E-state index in [1.165, 1.54) is 16.8 Å². The zero-order chi connectivity index (χ0) is 21.7. The number of nitrogens with zero attached hydrogens (tertiary/aromatic N) is 4. The average molecular weight is 443 g/mol. The van der Waals surface area contributed by atoms with Crippen LogP contribution < -0.4 is 10.3 Å². The lowest BCUT2D eigenvalue weighted by Crippen LogP contribution is -2.24. The fourth-order valence-corrected chi connectivity index (χ4v) is 2.71. The Hall–Kier alpha value is -2.58. The Bertz CT molecular complexity index is 1090. The van der Waals surface area contributed by atoms with Crippen LogP contribution in [0.1, 0.15) is 30.9 Å². The molecule has 0 aromatic carbocycles. The first-order chi connectivity index (χ1) is 13.8. The number of ether oxygens (including phenoxy) is 1. The van der Waals surface area contributed by atoms with E-state index in [-0.39, 0.29) is 34.2 Å². The summed E-state index contributed by atoms with van der Waals surface area (Å²) in [5, 5.41) is -0.0911. The van der Waals surface area contributed by atoms with Crippen molar-refractivity contribution < 1.29 is 13.5 Å². The first-order valence-corrected chi connectivity index (χ1v) is 9.38. The highest BCUT2D eigenvalue weighted by molar-refractivity contribution is 6.31. The SMILES string of the molecule is CC.Cc1cnc(Cl)cc1-n1c(C)nc(OCc2ncc(F)cc2F)c(Cl)c1=O. The molecule has 0 saturated heterocycles. The van der Waals surface area contributed by atoms with Gasteiger partial charge in [-0.3, -0.25) is 14.3 Å². The monoisotopic (exact) mass is 442 g/mol. The standard InChI is InChI=1S/C17H12Cl2F2N4O2.C2H6/c1-8-5-23-14(18)4-13(8)25-9(2)24-16(15(19)17(25)26)27-7-12-11(21)3-10(20)6-22-12;1-2/h3-6H,7H2,1-2H3;1-2H3. The number of aryl methyl sites for hydroxylation is 2. The van der Waals surface area contributed by atoms with Crippen molar-refractivity contribution in [1.82, 2.24) is 19.5 Å². The lowest BCUT2D eigenvalue weighted by atomic mass is 10.2. The Kier molecular flexibility index (Phi) is 7.64. The molecule has 3 heterocycles.